The van der Waals surface area contributed by atoms with E-state index in [1.165, 1.54) is 28.0 Å². The largest absolute Gasteiger partial charge is 0.346 e. The molecular weight excluding hydrogens is 240 g/mol. The molecule has 0 unspecified atom stereocenters. The van der Waals surface area contributed by atoms with E-state index in [9.17, 15) is 0 Å². The first-order valence-electron chi connectivity index (χ1n) is 6.66. The lowest BCUT2D eigenvalue weighted by atomic mass is 10.1. The molecule has 0 fully saturated rings. The fraction of sp³-hybridized carbons (Fsp3) is 0.467. The number of rotatable bonds is 7. The predicted molar refractivity (Wildman–Crippen MR) is 82.6 cm³/mol. The van der Waals surface area contributed by atoms with E-state index in [1.54, 1.807) is 0 Å². The molecule has 1 heterocycles. The lowest BCUT2D eigenvalue weighted by Gasteiger charge is -2.03. The van der Waals surface area contributed by atoms with Crippen LogP contribution in [0.1, 0.15) is 12.5 Å². The van der Waals surface area contributed by atoms with Crippen molar-refractivity contribution in [1.82, 2.24) is 9.88 Å². The zero-order chi connectivity index (χ0) is 12.8. The maximum Gasteiger partial charge on any atom is 0.0483 e. The van der Waals surface area contributed by atoms with E-state index in [2.05, 4.69) is 47.3 Å². The van der Waals surface area contributed by atoms with Crippen molar-refractivity contribution >= 4 is 22.7 Å². The number of nitrogens with one attached hydrogen (secondary N) is 1. The van der Waals surface area contributed by atoms with E-state index in [0.717, 1.165) is 19.5 Å². The van der Waals surface area contributed by atoms with Crippen molar-refractivity contribution in [2.45, 2.75) is 19.9 Å². The number of aromatic nitrogens is 1. The van der Waals surface area contributed by atoms with E-state index in [1.807, 2.05) is 18.8 Å². The highest BCUT2D eigenvalue weighted by molar-refractivity contribution is 7.99. The second-order valence-corrected chi connectivity index (χ2v) is 5.81. The number of benzene rings is 1. The fourth-order valence-electron chi connectivity index (χ4n) is 2.27. The Labute approximate surface area is 114 Å². The van der Waals surface area contributed by atoms with Crippen LogP contribution in [0.5, 0.6) is 0 Å². The topological polar surface area (TPSA) is 17.0 Å². The van der Waals surface area contributed by atoms with Gasteiger partial charge in [0.05, 0.1) is 0 Å². The first kappa shape index (κ1) is 13.5. The van der Waals surface area contributed by atoms with E-state index in [-0.39, 0.29) is 0 Å². The van der Waals surface area contributed by atoms with Gasteiger partial charge < -0.3 is 9.88 Å². The zero-order valence-electron chi connectivity index (χ0n) is 11.3. The zero-order valence-corrected chi connectivity index (χ0v) is 12.1. The summed E-state index contributed by atoms with van der Waals surface area (Å²) in [6.45, 7) is 4.37. The lowest BCUT2D eigenvalue weighted by Crippen LogP contribution is -2.10. The SMILES string of the molecule is CCSCCn1cc(CCNC)c2ccccc21. The smallest absolute Gasteiger partial charge is 0.0483 e. The van der Waals surface area contributed by atoms with E-state index < -0.39 is 0 Å². The molecule has 3 heteroatoms. The minimum atomic E-state index is 1.04. The third kappa shape index (κ3) is 3.09. The van der Waals surface area contributed by atoms with E-state index in [0.29, 0.717) is 0 Å². The fourth-order valence-corrected chi connectivity index (χ4v) is 2.89. The van der Waals surface area contributed by atoms with Crippen LogP contribution in [-0.2, 0) is 13.0 Å². The van der Waals surface area contributed by atoms with Gasteiger partial charge in [-0.05, 0) is 37.4 Å². The minimum absolute atomic E-state index is 1.04. The van der Waals surface area contributed by atoms with E-state index >= 15 is 0 Å². The molecular formula is C15H22N2S. The first-order chi connectivity index (χ1) is 8.86. The third-order valence-corrected chi connectivity index (χ3v) is 4.08. The van der Waals surface area contributed by atoms with E-state index in [4.69, 9.17) is 0 Å². The Bertz CT molecular complexity index is 490. The third-order valence-electron chi connectivity index (χ3n) is 3.20. The second kappa shape index (κ2) is 6.86. The summed E-state index contributed by atoms with van der Waals surface area (Å²) in [5, 5.41) is 4.64. The number of para-hydroxylation sites is 1. The molecule has 2 nitrogen and oxygen atoms in total. The van der Waals surface area contributed by atoms with Crippen LogP contribution in [-0.4, -0.2) is 29.7 Å². The van der Waals surface area contributed by atoms with Crippen LogP contribution in [0.25, 0.3) is 10.9 Å². The van der Waals surface area contributed by atoms with Gasteiger partial charge in [0.2, 0.25) is 0 Å². The molecule has 1 aromatic heterocycles. The van der Waals surface area contributed by atoms with Gasteiger partial charge in [-0.3, -0.25) is 0 Å². The standard InChI is InChI=1S/C15H22N2S/c1-3-18-11-10-17-12-13(8-9-16-2)14-6-4-5-7-15(14)17/h4-7,12,16H,3,8-11H2,1-2H3. The highest BCUT2D eigenvalue weighted by atomic mass is 32.2. The van der Waals surface area contributed by atoms with Crippen LogP contribution in [0.15, 0.2) is 30.5 Å². The van der Waals surface area contributed by atoms with Gasteiger partial charge in [-0.1, -0.05) is 25.1 Å². The van der Waals surface area contributed by atoms with Crippen molar-refractivity contribution < 1.29 is 0 Å². The predicted octanol–water partition coefficient (Wildman–Crippen LogP) is 3.16. The van der Waals surface area contributed by atoms with Crippen LogP contribution in [0.2, 0.25) is 0 Å². The second-order valence-electron chi connectivity index (χ2n) is 4.42. The van der Waals surface area contributed by atoms with Gasteiger partial charge in [-0.25, -0.2) is 0 Å². The van der Waals surface area contributed by atoms with Gasteiger partial charge >= 0.3 is 0 Å². The lowest BCUT2D eigenvalue weighted by molar-refractivity contribution is 0.775. The molecule has 98 valence electrons. The van der Waals surface area contributed by atoms with Gasteiger partial charge in [0.25, 0.3) is 0 Å². The Morgan fingerprint density at radius 2 is 2.11 bits per heavy atom. The Kier molecular flexibility index (Phi) is 5.14. The maximum absolute atomic E-state index is 3.23. The molecule has 0 saturated heterocycles. The monoisotopic (exact) mass is 262 g/mol. The average molecular weight is 262 g/mol. The molecule has 1 aromatic carbocycles. The molecule has 0 amide bonds. The van der Waals surface area contributed by atoms with Crippen molar-refractivity contribution in [2.24, 2.45) is 0 Å². The normalized spacial score (nSPS) is 11.2. The summed E-state index contributed by atoms with van der Waals surface area (Å²) >= 11 is 2.01. The first-order valence-corrected chi connectivity index (χ1v) is 7.81. The number of aryl methyl sites for hydroxylation is 1. The van der Waals surface area contributed by atoms with Crippen molar-refractivity contribution in [2.75, 3.05) is 25.1 Å². The van der Waals surface area contributed by atoms with Crippen LogP contribution in [0, 0.1) is 0 Å². The number of thioether (sulfide) groups is 1. The Balaban J connectivity index is 2.23. The van der Waals surface area contributed by atoms with Crippen molar-refractivity contribution in [1.29, 1.82) is 0 Å². The summed E-state index contributed by atoms with van der Waals surface area (Å²) < 4.78 is 2.41. The average Bonchev–Trinajstić information content (AvgIpc) is 2.76. The molecule has 0 saturated carbocycles. The molecule has 2 aromatic rings. The van der Waals surface area contributed by atoms with Crippen LogP contribution in [0.4, 0.5) is 0 Å². The number of hydrogen-bond acceptors (Lipinski definition) is 2. The van der Waals surface area contributed by atoms with Gasteiger partial charge in [0, 0.05) is 29.4 Å². The molecule has 0 atom stereocenters. The molecule has 18 heavy (non-hydrogen) atoms. The highest BCUT2D eigenvalue weighted by Gasteiger charge is 2.07. The van der Waals surface area contributed by atoms with Crippen molar-refractivity contribution in [3.8, 4) is 0 Å². The summed E-state index contributed by atoms with van der Waals surface area (Å²) in [7, 11) is 2.01. The van der Waals surface area contributed by atoms with Crippen molar-refractivity contribution in [3.05, 3.63) is 36.0 Å². The van der Waals surface area contributed by atoms with Gasteiger partial charge in [0.1, 0.15) is 0 Å². The molecule has 0 radical (unpaired) electrons. The number of fused-ring (bicyclic) bond motifs is 1. The molecule has 0 aliphatic heterocycles. The molecule has 0 spiro atoms. The highest BCUT2D eigenvalue weighted by Crippen LogP contribution is 2.22. The van der Waals surface area contributed by atoms with Gasteiger partial charge in [-0.2, -0.15) is 11.8 Å². The quantitative estimate of drug-likeness (QED) is 0.772. The summed E-state index contributed by atoms with van der Waals surface area (Å²) in [6.07, 6.45) is 3.43. The number of nitrogens with zero attached hydrogens (tertiary/aromatic N) is 1. The van der Waals surface area contributed by atoms with Gasteiger partial charge in [0.15, 0.2) is 0 Å². The van der Waals surface area contributed by atoms with Crippen LogP contribution < -0.4 is 5.32 Å². The Morgan fingerprint density at radius 1 is 1.28 bits per heavy atom. The summed E-state index contributed by atoms with van der Waals surface area (Å²) in [4.78, 5) is 0. The minimum Gasteiger partial charge on any atom is -0.346 e. The molecule has 0 bridgehead atoms. The molecule has 2 rings (SSSR count). The molecule has 0 aliphatic rings. The number of hydrogen-bond donors (Lipinski definition) is 1. The Morgan fingerprint density at radius 3 is 2.89 bits per heavy atom. The molecule has 1 N–H and O–H groups in total. The number of likely N-dealkylation sites (N-methyl/N-ethyl adjacent to an activating group) is 1. The summed E-state index contributed by atoms with van der Waals surface area (Å²) in [6, 6.07) is 8.74. The van der Waals surface area contributed by atoms with Crippen LogP contribution in [0.3, 0.4) is 0 Å². The maximum atomic E-state index is 3.23. The van der Waals surface area contributed by atoms with Crippen molar-refractivity contribution in [3.63, 3.8) is 0 Å². The Hall–Kier alpha value is -0.930. The summed E-state index contributed by atoms with van der Waals surface area (Å²) in [5.74, 6) is 2.40. The molecule has 0 aliphatic carbocycles. The van der Waals surface area contributed by atoms with Gasteiger partial charge in [-0.15, -0.1) is 0 Å². The van der Waals surface area contributed by atoms with Crippen LogP contribution >= 0.6 is 11.8 Å². The summed E-state index contributed by atoms with van der Waals surface area (Å²) in [5.41, 5.74) is 2.83.